The predicted octanol–water partition coefficient (Wildman–Crippen LogP) is 2.70. The summed E-state index contributed by atoms with van der Waals surface area (Å²) < 4.78 is 11.7. The number of fused-ring (bicyclic) bond motifs is 1. The summed E-state index contributed by atoms with van der Waals surface area (Å²) in [6.45, 7) is 1.08. The van der Waals surface area contributed by atoms with Crippen molar-refractivity contribution >= 4 is 15.9 Å². The van der Waals surface area contributed by atoms with Crippen LogP contribution in [0.1, 0.15) is 17.4 Å². The molecule has 1 N–H and O–H groups in total. The smallest absolute Gasteiger partial charge is 0.161 e. The van der Waals surface area contributed by atoms with Gasteiger partial charge in [-0.05, 0) is 45.8 Å². The summed E-state index contributed by atoms with van der Waals surface area (Å²) in [5.41, 5.74) is 1.31. The van der Waals surface area contributed by atoms with E-state index in [0.29, 0.717) is 30.4 Å². The Morgan fingerprint density at radius 3 is 2.74 bits per heavy atom. The summed E-state index contributed by atoms with van der Waals surface area (Å²) in [6.07, 6.45) is 0.854. The van der Waals surface area contributed by atoms with E-state index in [9.17, 15) is 5.11 Å². The van der Waals surface area contributed by atoms with Gasteiger partial charge in [0.05, 0.1) is 5.69 Å². The van der Waals surface area contributed by atoms with Gasteiger partial charge in [-0.25, -0.2) is 0 Å². The Labute approximate surface area is 119 Å². The van der Waals surface area contributed by atoms with Crippen LogP contribution in [0.15, 0.2) is 41.0 Å². The van der Waals surface area contributed by atoms with Crippen LogP contribution >= 0.6 is 15.9 Å². The lowest BCUT2D eigenvalue weighted by atomic mass is 10.1. The second-order valence-corrected chi connectivity index (χ2v) is 5.03. The molecule has 1 aromatic carbocycles. The van der Waals surface area contributed by atoms with Gasteiger partial charge in [0, 0.05) is 10.7 Å². The van der Waals surface area contributed by atoms with Crippen LogP contribution in [0.2, 0.25) is 0 Å². The molecule has 98 valence electrons. The van der Waals surface area contributed by atoms with Crippen molar-refractivity contribution in [3.05, 3.63) is 52.3 Å². The van der Waals surface area contributed by atoms with Gasteiger partial charge in [0.15, 0.2) is 11.5 Å². The van der Waals surface area contributed by atoms with Crippen LogP contribution in [0.4, 0.5) is 0 Å². The summed E-state index contributed by atoms with van der Waals surface area (Å²) in [7, 11) is 0. The van der Waals surface area contributed by atoms with Crippen molar-refractivity contribution in [3.8, 4) is 11.5 Å². The predicted molar refractivity (Wildman–Crippen MR) is 73.4 cm³/mol. The number of halogens is 1. The van der Waals surface area contributed by atoms with E-state index in [0.717, 1.165) is 10.0 Å². The third-order valence-corrected chi connectivity index (χ3v) is 3.60. The molecule has 2 heterocycles. The van der Waals surface area contributed by atoms with Crippen LogP contribution < -0.4 is 9.47 Å². The van der Waals surface area contributed by atoms with E-state index in [-0.39, 0.29) is 0 Å². The van der Waals surface area contributed by atoms with Crippen LogP contribution in [0.5, 0.6) is 11.5 Å². The average Bonchev–Trinajstić information content (AvgIpc) is 2.46. The Balaban J connectivity index is 1.96. The van der Waals surface area contributed by atoms with E-state index < -0.39 is 6.10 Å². The molecule has 1 aromatic heterocycles. The zero-order valence-corrected chi connectivity index (χ0v) is 11.6. The van der Waals surface area contributed by atoms with Crippen molar-refractivity contribution in [3.63, 3.8) is 0 Å². The molecule has 1 aliphatic rings. The minimum atomic E-state index is -0.800. The van der Waals surface area contributed by atoms with Crippen LogP contribution in [0, 0.1) is 0 Å². The molecule has 4 nitrogen and oxygen atoms in total. The lowest BCUT2D eigenvalue weighted by Crippen LogP contribution is -2.15. The fraction of sp³-hybridized carbons (Fsp3) is 0.214. The van der Waals surface area contributed by atoms with Crippen LogP contribution in [-0.4, -0.2) is 23.3 Å². The van der Waals surface area contributed by atoms with Crippen molar-refractivity contribution in [2.45, 2.75) is 6.10 Å². The molecule has 19 heavy (non-hydrogen) atoms. The van der Waals surface area contributed by atoms with Crippen molar-refractivity contribution in [1.82, 2.24) is 4.98 Å². The monoisotopic (exact) mass is 321 g/mol. The molecule has 0 fully saturated rings. The first-order valence-electron chi connectivity index (χ1n) is 5.94. The Morgan fingerprint density at radius 1 is 1.16 bits per heavy atom. The summed E-state index contributed by atoms with van der Waals surface area (Å²) in [5, 5.41) is 10.4. The maximum absolute atomic E-state index is 10.4. The van der Waals surface area contributed by atoms with E-state index in [1.165, 1.54) is 0 Å². The molecular formula is C14H12BrNO3. The minimum Gasteiger partial charge on any atom is -0.486 e. The van der Waals surface area contributed by atoms with E-state index >= 15 is 0 Å². The largest absolute Gasteiger partial charge is 0.486 e. The van der Waals surface area contributed by atoms with Gasteiger partial charge in [0.1, 0.15) is 19.3 Å². The third kappa shape index (κ3) is 2.43. The molecule has 0 bridgehead atoms. The molecule has 3 rings (SSSR count). The number of hydrogen-bond donors (Lipinski definition) is 1. The van der Waals surface area contributed by atoms with Gasteiger partial charge in [-0.2, -0.15) is 0 Å². The number of aliphatic hydroxyl groups is 1. The Kier molecular flexibility index (Phi) is 3.40. The van der Waals surface area contributed by atoms with Crippen molar-refractivity contribution in [2.24, 2.45) is 0 Å². The van der Waals surface area contributed by atoms with E-state index in [2.05, 4.69) is 20.9 Å². The number of aliphatic hydroxyl groups excluding tert-OH is 1. The number of ether oxygens (including phenoxy) is 2. The van der Waals surface area contributed by atoms with E-state index in [1.54, 1.807) is 12.3 Å². The average molecular weight is 322 g/mol. The SMILES string of the molecule is OC(c1ccc2c(c1)OCCO2)c1ncccc1Br. The maximum Gasteiger partial charge on any atom is 0.161 e. The molecule has 0 saturated heterocycles. The third-order valence-electron chi connectivity index (χ3n) is 2.93. The first-order chi connectivity index (χ1) is 9.25. The molecule has 0 spiro atoms. The van der Waals surface area contributed by atoms with Gasteiger partial charge in [-0.15, -0.1) is 0 Å². The zero-order valence-electron chi connectivity index (χ0n) is 10.0. The summed E-state index contributed by atoms with van der Waals surface area (Å²) in [4.78, 5) is 4.20. The Hall–Kier alpha value is -1.59. The highest BCUT2D eigenvalue weighted by molar-refractivity contribution is 9.10. The van der Waals surface area contributed by atoms with Crippen molar-refractivity contribution in [2.75, 3.05) is 13.2 Å². The number of hydrogen-bond acceptors (Lipinski definition) is 4. The van der Waals surface area contributed by atoms with Crippen LogP contribution in [0.3, 0.4) is 0 Å². The standard InChI is InChI=1S/C14H12BrNO3/c15-10-2-1-5-16-13(10)14(17)9-3-4-11-12(8-9)19-7-6-18-11/h1-5,8,14,17H,6-7H2. The van der Waals surface area contributed by atoms with E-state index in [1.807, 2.05) is 24.3 Å². The molecule has 5 heteroatoms. The van der Waals surface area contributed by atoms with Crippen molar-refractivity contribution < 1.29 is 14.6 Å². The molecule has 1 aliphatic heterocycles. The summed E-state index contributed by atoms with van der Waals surface area (Å²) in [5.74, 6) is 1.37. The van der Waals surface area contributed by atoms with Gasteiger partial charge in [-0.3, -0.25) is 4.98 Å². The summed E-state index contributed by atoms with van der Waals surface area (Å²) in [6, 6.07) is 9.08. The Morgan fingerprint density at radius 2 is 1.95 bits per heavy atom. The quantitative estimate of drug-likeness (QED) is 0.924. The number of rotatable bonds is 2. The van der Waals surface area contributed by atoms with Crippen LogP contribution in [0.25, 0.3) is 0 Å². The molecule has 1 atom stereocenters. The number of aromatic nitrogens is 1. The highest BCUT2D eigenvalue weighted by atomic mass is 79.9. The normalized spacial score (nSPS) is 15.1. The van der Waals surface area contributed by atoms with Gasteiger partial charge in [0.25, 0.3) is 0 Å². The lowest BCUT2D eigenvalue weighted by molar-refractivity contribution is 0.169. The topological polar surface area (TPSA) is 51.6 Å². The van der Waals surface area contributed by atoms with Crippen LogP contribution in [-0.2, 0) is 0 Å². The van der Waals surface area contributed by atoms with E-state index in [4.69, 9.17) is 9.47 Å². The minimum absolute atomic E-state index is 0.528. The highest BCUT2D eigenvalue weighted by Gasteiger charge is 2.18. The van der Waals surface area contributed by atoms with Crippen molar-refractivity contribution in [1.29, 1.82) is 0 Å². The molecular weight excluding hydrogens is 310 g/mol. The Bertz CT molecular complexity index is 603. The van der Waals surface area contributed by atoms with Gasteiger partial charge >= 0.3 is 0 Å². The molecule has 0 aliphatic carbocycles. The van der Waals surface area contributed by atoms with Gasteiger partial charge in [0.2, 0.25) is 0 Å². The highest BCUT2D eigenvalue weighted by Crippen LogP contribution is 2.35. The summed E-state index contributed by atoms with van der Waals surface area (Å²) >= 11 is 3.39. The molecule has 2 aromatic rings. The molecule has 0 radical (unpaired) electrons. The molecule has 0 saturated carbocycles. The fourth-order valence-electron chi connectivity index (χ4n) is 1.99. The second-order valence-electron chi connectivity index (χ2n) is 4.18. The fourth-order valence-corrected chi connectivity index (χ4v) is 2.46. The maximum atomic E-state index is 10.4. The number of pyridine rings is 1. The first-order valence-corrected chi connectivity index (χ1v) is 6.73. The first kappa shape index (κ1) is 12.4. The van der Waals surface area contributed by atoms with Gasteiger partial charge < -0.3 is 14.6 Å². The number of benzene rings is 1. The van der Waals surface area contributed by atoms with Gasteiger partial charge in [-0.1, -0.05) is 6.07 Å². The molecule has 0 amide bonds. The second kappa shape index (κ2) is 5.19. The molecule has 1 unspecified atom stereocenters. The lowest BCUT2D eigenvalue weighted by Gasteiger charge is -2.20. The zero-order chi connectivity index (χ0) is 13.2. The number of nitrogens with zero attached hydrogens (tertiary/aromatic N) is 1.